The van der Waals surface area contributed by atoms with Crippen molar-refractivity contribution in [1.29, 1.82) is 0 Å². The summed E-state index contributed by atoms with van der Waals surface area (Å²) in [7, 11) is 0. The van der Waals surface area contributed by atoms with Crippen LogP contribution in [0.1, 0.15) is 19.8 Å². The number of guanidine groups is 1. The fourth-order valence-electron chi connectivity index (χ4n) is 3.74. The van der Waals surface area contributed by atoms with E-state index in [-0.39, 0.29) is 30.9 Å². The molecule has 28 heavy (non-hydrogen) atoms. The van der Waals surface area contributed by atoms with Crippen LogP contribution in [0.4, 0.5) is 4.79 Å². The van der Waals surface area contributed by atoms with Crippen LogP contribution in [0.3, 0.4) is 0 Å². The molecule has 3 aliphatic heterocycles. The molecule has 156 valence electrons. The van der Waals surface area contributed by atoms with E-state index in [0.717, 1.165) is 64.6 Å². The lowest BCUT2D eigenvalue weighted by Crippen LogP contribution is -2.54. The lowest BCUT2D eigenvalue weighted by molar-refractivity contribution is -0.131. The third-order valence-electron chi connectivity index (χ3n) is 5.35. The standard InChI is InChI=1S/C18H31N7O3/c1-2-19-17(20-5-8-25-15(26)13-21-18(25)28)24-11-9-22(10-12-24)14-16(27)23-6-3-4-7-23/h2-14H2,1H3,(H,19,20)(H,21,28). The maximum Gasteiger partial charge on any atom is 0.324 e. The minimum Gasteiger partial charge on any atom is -0.357 e. The van der Waals surface area contributed by atoms with Gasteiger partial charge < -0.3 is 20.4 Å². The fraction of sp³-hybridized carbons (Fsp3) is 0.778. The molecule has 0 radical (unpaired) electrons. The van der Waals surface area contributed by atoms with Crippen LogP contribution in [-0.2, 0) is 9.59 Å². The number of likely N-dealkylation sites (tertiary alicyclic amines) is 1. The van der Waals surface area contributed by atoms with Crippen LogP contribution in [0.15, 0.2) is 4.99 Å². The van der Waals surface area contributed by atoms with Gasteiger partial charge in [-0.3, -0.25) is 24.4 Å². The van der Waals surface area contributed by atoms with Crippen molar-refractivity contribution >= 4 is 23.8 Å². The normalized spacial score (nSPS) is 21.5. The van der Waals surface area contributed by atoms with Gasteiger partial charge in [0, 0.05) is 45.8 Å². The highest BCUT2D eigenvalue weighted by Gasteiger charge is 2.28. The molecule has 3 rings (SSSR count). The number of rotatable bonds is 6. The van der Waals surface area contributed by atoms with E-state index in [4.69, 9.17) is 0 Å². The molecular weight excluding hydrogens is 362 g/mol. The smallest absolute Gasteiger partial charge is 0.324 e. The molecular formula is C18H31N7O3. The van der Waals surface area contributed by atoms with Crippen molar-refractivity contribution in [3.8, 4) is 0 Å². The average Bonchev–Trinajstić information content (AvgIpc) is 3.33. The van der Waals surface area contributed by atoms with Gasteiger partial charge in [-0.15, -0.1) is 0 Å². The molecule has 10 heteroatoms. The topological polar surface area (TPSA) is 101 Å². The lowest BCUT2D eigenvalue weighted by Gasteiger charge is -2.36. The molecule has 3 heterocycles. The SMILES string of the molecule is CCNC(=NCCN1C(=O)CNC1=O)N1CCN(CC(=O)N2CCCC2)CC1. The predicted octanol–water partition coefficient (Wildman–Crippen LogP) is -1.26. The van der Waals surface area contributed by atoms with Crippen LogP contribution < -0.4 is 10.6 Å². The van der Waals surface area contributed by atoms with Gasteiger partial charge in [0.05, 0.1) is 26.2 Å². The van der Waals surface area contributed by atoms with Gasteiger partial charge in [-0.2, -0.15) is 0 Å². The van der Waals surface area contributed by atoms with Crippen molar-refractivity contribution in [1.82, 2.24) is 30.2 Å². The molecule has 2 N–H and O–H groups in total. The molecule has 0 unspecified atom stereocenters. The highest BCUT2D eigenvalue weighted by Crippen LogP contribution is 2.09. The zero-order valence-electron chi connectivity index (χ0n) is 16.7. The Morgan fingerprint density at radius 3 is 2.39 bits per heavy atom. The fourth-order valence-corrected chi connectivity index (χ4v) is 3.74. The van der Waals surface area contributed by atoms with E-state index < -0.39 is 0 Å². The second-order valence-corrected chi connectivity index (χ2v) is 7.29. The molecule has 0 aromatic carbocycles. The number of aliphatic imine (C=N–C) groups is 1. The highest BCUT2D eigenvalue weighted by molar-refractivity contribution is 6.01. The Hall–Kier alpha value is -2.36. The third kappa shape index (κ3) is 5.12. The Morgan fingerprint density at radius 2 is 1.79 bits per heavy atom. The van der Waals surface area contributed by atoms with Crippen molar-refractivity contribution in [2.24, 2.45) is 4.99 Å². The molecule has 0 aliphatic carbocycles. The quantitative estimate of drug-likeness (QED) is 0.332. The van der Waals surface area contributed by atoms with E-state index >= 15 is 0 Å². The summed E-state index contributed by atoms with van der Waals surface area (Å²) in [4.78, 5) is 47.7. The maximum absolute atomic E-state index is 12.3. The van der Waals surface area contributed by atoms with Crippen molar-refractivity contribution in [3.05, 3.63) is 0 Å². The van der Waals surface area contributed by atoms with Gasteiger partial charge in [0.25, 0.3) is 0 Å². The first-order valence-corrected chi connectivity index (χ1v) is 10.2. The first kappa shape index (κ1) is 20.4. The molecule has 3 fully saturated rings. The third-order valence-corrected chi connectivity index (χ3v) is 5.35. The van der Waals surface area contributed by atoms with Gasteiger partial charge in [0.2, 0.25) is 11.8 Å². The largest absolute Gasteiger partial charge is 0.357 e. The van der Waals surface area contributed by atoms with Crippen LogP contribution in [0, 0.1) is 0 Å². The summed E-state index contributed by atoms with van der Waals surface area (Å²) >= 11 is 0. The van der Waals surface area contributed by atoms with E-state index in [1.54, 1.807) is 0 Å². The Morgan fingerprint density at radius 1 is 1.07 bits per heavy atom. The van der Waals surface area contributed by atoms with Crippen LogP contribution in [-0.4, -0.2) is 115 Å². The molecule has 3 saturated heterocycles. The number of hydrogen-bond acceptors (Lipinski definition) is 5. The van der Waals surface area contributed by atoms with Crippen LogP contribution in [0.2, 0.25) is 0 Å². The number of nitrogens with zero attached hydrogens (tertiary/aromatic N) is 5. The number of nitrogens with one attached hydrogen (secondary N) is 2. The van der Waals surface area contributed by atoms with Crippen LogP contribution >= 0.6 is 0 Å². The maximum atomic E-state index is 12.3. The van der Waals surface area contributed by atoms with Crippen LogP contribution in [0.5, 0.6) is 0 Å². The molecule has 10 nitrogen and oxygen atoms in total. The number of urea groups is 1. The Balaban J connectivity index is 1.46. The van der Waals surface area contributed by atoms with Crippen molar-refractivity contribution in [2.75, 3.05) is 72.0 Å². The molecule has 4 amide bonds. The molecule has 0 saturated carbocycles. The zero-order valence-corrected chi connectivity index (χ0v) is 16.7. The zero-order chi connectivity index (χ0) is 19.9. The van der Waals surface area contributed by atoms with Crippen molar-refractivity contribution < 1.29 is 14.4 Å². The van der Waals surface area contributed by atoms with E-state index in [2.05, 4.69) is 25.4 Å². The minimum atomic E-state index is -0.346. The number of carbonyl (C=O) groups is 3. The molecule has 0 bridgehead atoms. The molecule has 0 spiro atoms. The number of piperazine rings is 1. The molecule has 0 aromatic rings. The van der Waals surface area contributed by atoms with E-state index in [1.807, 2.05) is 11.8 Å². The average molecular weight is 393 g/mol. The summed E-state index contributed by atoms with van der Waals surface area (Å²) < 4.78 is 0. The van der Waals surface area contributed by atoms with E-state index in [1.165, 1.54) is 4.90 Å². The van der Waals surface area contributed by atoms with Gasteiger partial charge in [-0.05, 0) is 19.8 Å². The first-order chi connectivity index (χ1) is 13.6. The predicted molar refractivity (Wildman–Crippen MR) is 105 cm³/mol. The summed E-state index contributed by atoms with van der Waals surface area (Å²) in [6.07, 6.45) is 2.24. The van der Waals surface area contributed by atoms with Gasteiger partial charge in [-0.25, -0.2) is 4.79 Å². The second-order valence-electron chi connectivity index (χ2n) is 7.29. The summed E-state index contributed by atoms with van der Waals surface area (Å²) in [6.45, 7) is 8.99. The summed E-state index contributed by atoms with van der Waals surface area (Å²) in [5.74, 6) is 0.821. The molecule has 3 aliphatic rings. The number of carbonyl (C=O) groups excluding carboxylic acids is 3. The second kappa shape index (κ2) is 9.72. The Bertz CT molecular complexity index is 594. The summed E-state index contributed by atoms with van der Waals surface area (Å²) in [5, 5.41) is 5.79. The van der Waals surface area contributed by atoms with Crippen molar-refractivity contribution in [2.45, 2.75) is 19.8 Å². The highest BCUT2D eigenvalue weighted by atomic mass is 16.2. The van der Waals surface area contributed by atoms with E-state index in [0.29, 0.717) is 13.1 Å². The summed E-state index contributed by atoms with van der Waals surface area (Å²) in [6, 6.07) is -0.346. The minimum absolute atomic E-state index is 0.0702. The first-order valence-electron chi connectivity index (χ1n) is 10.2. The Kier molecular flexibility index (Phi) is 7.07. The van der Waals surface area contributed by atoms with Gasteiger partial charge in [0.1, 0.15) is 0 Å². The van der Waals surface area contributed by atoms with Gasteiger partial charge >= 0.3 is 6.03 Å². The summed E-state index contributed by atoms with van der Waals surface area (Å²) in [5.41, 5.74) is 0. The number of hydrogen-bond donors (Lipinski definition) is 2. The number of imide groups is 1. The Labute approximate surface area is 165 Å². The number of amides is 4. The lowest BCUT2D eigenvalue weighted by atomic mass is 10.3. The molecule has 0 aromatic heterocycles. The molecule has 0 atom stereocenters. The van der Waals surface area contributed by atoms with Gasteiger partial charge in [0.15, 0.2) is 5.96 Å². The van der Waals surface area contributed by atoms with Crippen LogP contribution in [0.25, 0.3) is 0 Å². The van der Waals surface area contributed by atoms with E-state index in [9.17, 15) is 14.4 Å². The monoisotopic (exact) mass is 393 g/mol. The van der Waals surface area contributed by atoms with Gasteiger partial charge in [-0.1, -0.05) is 0 Å². The van der Waals surface area contributed by atoms with Crippen molar-refractivity contribution in [3.63, 3.8) is 0 Å².